The number of aryl methyl sites for hydroxylation is 1. The van der Waals surface area contributed by atoms with Gasteiger partial charge in [0.1, 0.15) is 24.9 Å². The van der Waals surface area contributed by atoms with Crippen LogP contribution in [0.15, 0.2) is 40.8 Å². The lowest BCUT2D eigenvalue weighted by molar-refractivity contribution is 0.0365. The number of nitrogens with zero attached hydrogens (tertiary/aromatic N) is 1. The van der Waals surface area contributed by atoms with Crippen LogP contribution in [0, 0.1) is 0 Å². The summed E-state index contributed by atoms with van der Waals surface area (Å²) >= 11 is 0. The lowest BCUT2D eigenvalue weighted by Crippen LogP contribution is -2.32. The first kappa shape index (κ1) is 30.1. The van der Waals surface area contributed by atoms with Gasteiger partial charge in [-0.3, -0.25) is 5.43 Å². The molecule has 1 heterocycles. The number of unbranched alkanes of at least 4 members (excludes halogenated alkanes) is 2. The normalized spacial score (nSPS) is 15.0. The van der Waals surface area contributed by atoms with Gasteiger partial charge in [-0.05, 0) is 37.3 Å². The highest BCUT2D eigenvalue weighted by Gasteiger charge is 2.35. The second-order valence-electron chi connectivity index (χ2n) is 8.42. The van der Waals surface area contributed by atoms with Crippen LogP contribution >= 0.6 is 0 Å². The first-order valence-corrected chi connectivity index (χ1v) is 13.0. The van der Waals surface area contributed by atoms with Crippen LogP contribution in [-0.4, -0.2) is 57.8 Å². The molecule has 1 aromatic rings. The molecule has 1 atom stereocenters. The molecule has 1 unspecified atom stereocenters. The third kappa shape index (κ3) is 10.8. The van der Waals surface area contributed by atoms with Crippen LogP contribution in [0.3, 0.4) is 0 Å². The van der Waals surface area contributed by atoms with E-state index in [0.29, 0.717) is 18.9 Å². The van der Waals surface area contributed by atoms with Crippen LogP contribution < -0.4 is 5.43 Å². The van der Waals surface area contributed by atoms with Crippen molar-refractivity contribution in [2.24, 2.45) is 5.10 Å². The van der Waals surface area contributed by atoms with Gasteiger partial charge in [-0.15, -0.1) is 5.10 Å². The Balaban J connectivity index is 2.08. The van der Waals surface area contributed by atoms with E-state index >= 15 is 0 Å². The third-order valence-electron chi connectivity index (χ3n) is 5.47. The molecule has 0 radical (unpaired) electrons. The Morgan fingerprint density at radius 3 is 2.08 bits per heavy atom. The van der Waals surface area contributed by atoms with E-state index in [0.717, 1.165) is 43.2 Å². The molecule has 10 heteroatoms. The van der Waals surface area contributed by atoms with Crippen LogP contribution in [0.25, 0.3) is 0 Å². The Morgan fingerprint density at radius 2 is 1.49 bits per heavy atom. The fourth-order valence-electron chi connectivity index (χ4n) is 3.39. The molecule has 1 aromatic carbocycles. The van der Waals surface area contributed by atoms with Gasteiger partial charge < -0.3 is 28.4 Å². The SMILES string of the molecule is CCCCOCCOC(=O)OC1=NNC(C)=C(OC(=O)OCCOCCCC)C1c1cccc(CC)c1. The fraction of sp³-hybridized carbons (Fsp3) is 0.593. The number of hydrogen-bond donors (Lipinski definition) is 1. The van der Waals surface area contributed by atoms with Gasteiger partial charge in [-0.25, -0.2) is 9.59 Å². The number of nitrogens with one attached hydrogen (secondary N) is 1. The van der Waals surface area contributed by atoms with Crippen molar-refractivity contribution in [3.63, 3.8) is 0 Å². The molecule has 1 N–H and O–H groups in total. The molecular weight excluding hydrogens is 480 g/mol. The van der Waals surface area contributed by atoms with Gasteiger partial charge in [0.15, 0.2) is 0 Å². The molecular formula is C27H40N2O8. The summed E-state index contributed by atoms with van der Waals surface area (Å²) in [5.41, 5.74) is 5.03. The van der Waals surface area contributed by atoms with E-state index in [2.05, 4.69) is 24.4 Å². The topological polar surface area (TPSA) is 114 Å². The minimum atomic E-state index is -0.929. The van der Waals surface area contributed by atoms with Gasteiger partial charge in [0.2, 0.25) is 5.90 Å². The van der Waals surface area contributed by atoms with Gasteiger partial charge in [0.05, 0.1) is 18.9 Å². The molecule has 37 heavy (non-hydrogen) atoms. The van der Waals surface area contributed by atoms with Crippen molar-refractivity contribution in [3.05, 3.63) is 46.8 Å². The predicted octanol–water partition coefficient (Wildman–Crippen LogP) is 5.42. The maximum Gasteiger partial charge on any atom is 0.515 e. The zero-order chi connectivity index (χ0) is 26.9. The summed E-state index contributed by atoms with van der Waals surface area (Å²) in [5, 5.41) is 4.20. The van der Waals surface area contributed by atoms with Crippen molar-refractivity contribution >= 4 is 18.2 Å². The maximum atomic E-state index is 12.5. The highest BCUT2D eigenvalue weighted by atomic mass is 16.7. The van der Waals surface area contributed by atoms with E-state index in [4.69, 9.17) is 28.4 Å². The number of allylic oxidation sites excluding steroid dienone is 1. The molecule has 0 aromatic heterocycles. The minimum Gasteiger partial charge on any atom is -0.432 e. The number of hydrogen-bond acceptors (Lipinski definition) is 10. The van der Waals surface area contributed by atoms with E-state index < -0.39 is 18.2 Å². The van der Waals surface area contributed by atoms with Crippen LogP contribution in [0.2, 0.25) is 0 Å². The van der Waals surface area contributed by atoms with Crippen molar-refractivity contribution in [1.29, 1.82) is 0 Å². The summed E-state index contributed by atoms with van der Waals surface area (Å²) in [6, 6.07) is 7.67. The van der Waals surface area contributed by atoms with Crippen LogP contribution in [0.4, 0.5) is 9.59 Å². The Morgan fingerprint density at radius 1 is 0.865 bits per heavy atom. The second kappa shape index (κ2) is 17.4. The zero-order valence-electron chi connectivity index (χ0n) is 22.4. The molecule has 1 aliphatic rings. The number of rotatable bonds is 15. The zero-order valence-corrected chi connectivity index (χ0v) is 22.4. The Hall–Kier alpha value is -3.11. The van der Waals surface area contributed by atoms with Gasteiger partial charge in [0.25, 0.3) is 0 Å². The van der Waals surface area contributed by atoms with E-state index in [1.807, 2.05) is 31.2 Å². The lowest BCUT2D eigenvalue weighted by Gasteiger charge is -2.26. The van der Waals surface area contributed by atoms with Crippen LogP contribution in [0.1, 0.15) is 70.4 Å². The monoisotopic (exact) mass is 520 g/mol. The third-order valence-corrected chi connectivity index (χ3v) is 5.47. The number of carbonyl (C=O) groups excluding carboxylic acids is 2. The summed E-state index contributed by atoms with van der Waals surface area (Å²) < 4.78 is 32.2. The van der Waals surface area contributed by atoms with Crippen molar-refractivity contribution < 1.29 is 38.0 Å². The average molecular weight is 521 g/mol. The van der Waals surface area contributed by atoms with Crippen molar-refractivity contribution in [3.8, 4) is 0 Å². The number of benzene rings is 1. The largest absolute Gasteiger partial charge is 0.515 e. The number of ether oxygens (including phenoxy) is 6. The Labute approximate surface area is 219 Å². The summed E-state index contributed by atoms with van der Waals surface area (Å²) in [7, 11) is 0. The van der Waals surface area contributed by atoms with Gasteiger partial charge in [-0.2, -0.15) is 0 Å². The molecule has 1 aliphatic heterocycles. The fourth-order valence-corrected chi connectivity index (χ4v) is 3.39. The molecule has 0 bridgehead atoms. The van der Waals surface area contributed by atoms with E-state index in [9.17, 15) is 9.59 Å². The van der Waals surface area contributed by atoms with Gasteiger partial charge >= 0.3 is 12.3 Å². The lowest BCUT2D eigenvalue weighted by atomic mass is 9.93. The second-order valence-corrected chi connectivity index (χ2v) is 8.42. The first-order valence-electron chi connectivity index (χ1n) is 13.0. The molecule has 0 amide bonds. The molecule has 0 spiro atoms. The number of carbonyl (C=O) groups is 2. The maximum absolute atomic E-state index is 12.5. The minimum absolute atomic E-state index is 0.0125. The average Bonchev–Trinajstić information content (AvgIpc) is 2.90. The van der Waals surface area contributed by atoms with Gasteiger partial charge in [-0.1, -0.05) is 57.9 Å². The van der Waals surface area contributed by atoms with Crippen molar-refractivity contribution in [2.45, 2.75) is 65.7 Å². The summed E-state index contributed by atoms with van der Waals surface area (Å²) in [5.74, 6) is -0.568. The number of hydrazone groups is 1. The standard InChI is InChI=1S/C27H40N2O8/c1-5-8-13-32-15-17-34-26(30)36-24-20(4)28-29-25(23(24)22-12-10-11-21(7-3)19-22)37-27(31)35-18-16-33-14-9-6-2/h10-12,19,23,28H,5-9,13-18H2,1-4H3. The summed E-state index contributed by atoms with van der Waals surface area (Å²) in [6.45, 7) is 9.74. The van der Waals surface area contributed by atoms with Crippen LogP contribution in [-0.2, 0) is 34.8 Å². The van der Waals surface area contributed by atoms with E-state index in [1.165, 1.54) is 0 Å². The van der Waals surface area contributed by atoms with Crippen LogP contribution in [0.5, 0.6) is 0 Å². The summed E-state index contributed by atoms with van der Waals surface area (Å²) in [4.78, 5) is 24.9. The molecule has 10 nitrogen and oxygen atoms in total. The van der Waals surface area contributed by atoms with E-state index in [-0.39, 0.29) is 38.1 Å². The molecule has 0 fully saturated rings. The smallest absolute Gasteiger partial charge is 0.432 e. The van der Waals surface area contributed by atoms with Gasteiger partial charge in [0, 0.05) is 13.2 Å². The first-order chi connectivity index (χ1) is 18.0. The quantitative estimate of drug-likeness (QED) is 0.239. The molecule has 0 saturated carbocycles. The van der Waals surface area contributed by atoms with Crippen molar-refractivity contribution in [1.82, 2.24) is 5.43 Å². The summed E-state index contributed by atoms with van der Waals surface area (Å²) in [6.07, 6.45) is 2.91. The predicted molar refractivity (Wildman–Crippen MR) is 138 cm³/mol. The molecule has 2 rings (SSSR count). The van der Waals surface area contributed by atoms with Crippen molar-refractivity contribution in [2.75, 3.05) is 39.6 Å². The molecule has 0 aliphatic carbocycles. The Bertz CT molecular complexity index is 915. The van der Waals surface area contributed by atoms with E-state index in [1.54, 1.807) is 6.92 Å². The molecule has 0 saturated heterocycles. The Kier molecular flexibility index (Phi) is 14.1. The highest BCUT2D eigenvalue weighted by Crippen LogP contribution is 2.33. The highest BCUT2D eigenvalue weighted by molar-refractivity contribution is 5.94. The molecule has 206 valence electrons.